The molecule has 0 fully saturated rings. The second-order valence-electron chi connectivity index (χ2n) is 4.40. The van der Waals surface area contributed by atoms with Gasteiger partial charge in [-0.3, -0.25) is 0 Å². The summed E-state index contributed by atoms with van der Waals surface area (Å²) in [6.45, 7) is 2.69. The van der Waals surface area contributed by atoms with Crippen LogP contribution in [0.3, 0.4) is 0 Å². The molecular weight excluding hydrogens is 244 g/mol. The quantitative estimate of drug-likeness (QED) is 0.692. The fourth-order valence-electron chi connectivity index (χ4n) is 1.87. The molecule has 0 heterocycles. The largest absolute Gasteiger partial charge is 0.493 e. The lowest BCUT2D eigenvalue weighted by atomic mass is 10.1. The second-order valence-corrected chi connectivity index (χ2v) is 4.40. The van der Waals surface area contributed by atoms with Gasteiger partial charge in [0.05, 0.1) is 13.7 Å². The molecule has 0 saturated carbocycles. The Kier molecular flexibility index (Phi) is 6.79. The molecule has 0 unspecified atom stereocenters. The normalized spacial score (nSPS) is 10.2. The van der Waals surface area contributed by atoms with Crippen LogP contribution in [0.5, 0.6) is 11.5 Å². The molecule has 0 aliphatic rings. The molecule has 19 heavy (non-hydrogen) atoms. The van der Waals surface area contributed by atoms with Gasteiger partial charge in [-0.05, 0) is 18.6 Å². The van der Waals surface area contributed by atoms with Gasteiger partial charge in [-0.15, -0.1) is 0 Å². The highest BCUT2D eigenvalue weighted by atomic mass is 16.5. The molecule has 0 amide bonds. The minimum atomic E-state index is -1.00. The standard InChI is InChI=1S/C15H22O4/c1-3-4-5-6-7-11-19-14-12(15(16)17)9-8-10-13(14)18-2/h8-10H,3-7,11H2,1-2H3,(H,16,17). The molecule has 0 saturated heterocycles. The minimum Gasteiger partial charge on any atom is -0.493 e. The number of carboxylic acids is 1. The summed E-state index contributed by atoms with van der Waals surface area (Å²) in [7, 11) is 1.51. The molecule has 0 bridgehead atoms. The summed E-state index contributed by atoms with van der Waals surface area (Å²) in [5.41, 5.74) is 0.146. The maximum Gasteiger partial charge on any atom is 0.339 e. The van der Waals surface area contributed by atoms with E-state index < -0.39 is 5.97 Å². The van der Waals surface area contributed by atoms with Crippen LogP contribution in [0.1, 0.15) is 49.4 Å². The summed E-state index contributed by atoms with van der Waals surface area (Å²) in [5, 5.41) is 9.12. The van der Waals surface area contributed by atoms with Crippen molar-refractivity contribution in [2.24, 2.45) is 0 Å². The molecule has 0 aliphatic carbocycles. The number of hydrogen-bond donors (Lipinski definition) is 1. The van der Waals surface area contributed by atoms with Crippen molar-refractivity contribution in [3.8, 4) is 11.5 Å². The third kappa shape index (κ3) is 4.81. The Morgan fingerprint density at radius 3 is 2.58 bits per heavy atom. The van der Waals surface area contributed by atoms with Gasteiger partial charge in [0.25, 0.3) is 0 Å². The van der Waals surface area contributed by atoms with Gasteiger partial charge in [0.1, 0.15) is 5.56 Å². The average molecular weight is 266 g/mol. The third-order valence-electron chi connectivity index (χ3n) is 2.92. The monoisotopic (exact) mass is 266 g/mol. The van der Waals surface area contributed by atoms with E-state index in [4.69, 9.17) is 14.6 Å². The number of benzene rings is 1. The van der Waals surface area contributed by atoms with Crippen molar-refractivity contribution < 1.29 is 19.4 Å². The third-order valence-corrected chi connectivity index (χ3v) is 2.92. The molecular formula is C15H22O4. The Morgan fingerprint density at radius 2 is 1.95 bits per heavy atom. The number of ether oxygens (including phenoxy) is 2. The van der Waals surface area contributed by atoms with Crippen molar-refractivity contribution in [2.45, 2.75) is 39.0 Å². The van der Waals surface area contributed by atoms with Crippen LogP contribution < -0.4 is 9.47 Å². The SMILES string of the molecule is CCCCCCCOc1c(OC)cccc1C(=O)O. The Bertz CT molecular complexity index is 401. The van der Waals surface area contributed by atoms with E-state index in [-0.39, 0.29) is 5.56 Å². The summed E-state index contributed by atoms with van der Waals surface area (Å²) in [6.07, 6.45) is 5.66. The number of rotatable bonds is 9. The molecule has 1 N–H and O–H groups in total. The molecule has 1 rings (SSSR count). The first-order valence-electron chi connectivity index (χ1n) is 6.73. The maximum absolute atomic E-state index is 11.1. The summed E-state index contributed by atoms with van der Waals surface area (Å²) in [5.74, 6) is -0.207. The van der Waals surface area contributed by atoms with Crippen molar-refractivity contribution in [1.29, 1.82) is 0 Å². The minimum absolute atomic E-state index is 0.146. The maximum atomic E-state index is 11.1. The number of para-hydroxylation sites is 1. The van der Waals surface area contributed by atoms with Gasteiger partial charge < -0.3 is 14.6 Å². The Balaban J connectivity index is 2.58. The van der Waals surface area contributed by atoms with Crippen LogP contribution in [0, 0.1) is 0 Å². The van der Waals surface area contributed by atoms with Gasteiger partial charge in [-0.2, -0.15) is 0 Å². The Hall–Kier alpha value is -1.71. The van der Waals surface area contributed by atoms with E-state index in [2.05, 4.69) is 6.92 Å². The van der Waals surface area contributed by atoms with E-state index in [1.54, 1.807) is 12.1 Å². The first-order chi connectivity index (χ1) is 9.20. The zero-order valence-corrected chi connectivity index (χ0v) is 11.6. The molecule has 1 aromatic carbocycles. The highest BCUT2D eigenvalue weighted by molar-refractivity contribution is 5.92. The Labute approximate surface area is 114 Å². The zero-order chi connectivity index (χ0) is 14.1. The van der Waals surface area contributed by atoms with Gasteiger partial charge >= 0.3 is 5.97 Å². The molecule has 4 heteroatoms. The zero-order valence-electron chi connectivity index (χ0n) is 11.6. The molecule has 1 aromatic rings. The first-order valence-corrected chi connectivity index (χ1v) is 6.73. The molecule has 0 radical (unpaired) electrons. The fraction of sp³-hybridized carbons (Fsp3) is 0.533. The van der Waals surface area contributed by atoms with Crippen LogP contribution in [-0.2, 0) is 0 Å². The lowest BCUT2D eigenvalue weighted by molar-refractivity contribution is 0.0691. The van der Waals surface area contributed by atoms with Gasteiger partial charge in [-0.25, -0.2) is 4.79 Å². The number of aromatic carboxylic acids is 1. The van der Waals surface area contributed by atoms with E-state index >= 15 is 0 Å². The van der Waals surface area contributed by atoms with Crippen molar-refractivity contribution >= 4 is 5.97 Å². The van der Waals surface area contributed by atoms with Crippen LogP contribution in [0.15, 0.2) is 18.2 Å². The number of carboxylic acid groups (broad SMARTS) is 1. The van der Waals surface area contributed by atoms with Crippen LogP contribution in [0.2, 0.25) is 0 Å². The van der Waals surface area contributed by atoms with Crippen LogP contribution >= 0.6 is 0 Å². The molecule has 0 aliphatic heterocycles. The van der Waals surface area contributed by atoms with E-state index in [1.807, 2.05) is 0 Å². The number of methoxy groups -OCH3 is 1. The summed E-state index contributed by atoms with van der Waals surface area (Å²) in [6, 6.07) is 4.88. The van der Waals surface area contributed by atoms with Crippen molar-refractivity contribution in [2.75, 3.05) is 13.7 Å². The summed E-state index contributed by atoms with van der Waals surface area (Å²) in [4.78, 5) is 11.1. The predicted molar refractivity (Wildman–Crippen MR) is 74.2 cm³/mol. The van der Waals surface area contributed by atoms with E-state index in [9.17, 15) is 4.79 Å². The van der Waals surface area contributed by atoms with E-state index in [1.165, 1.54) is 32.4 Å². The van der Waals surface area contributed by atoms with Crippen LogP contribution in [0.4, 0.5) is 0 Å². The van der Waals surface area contributed by atoms with Gasteiger partial charge in [0.15, 0.2) is 11.5 Å². The van der Waals surface area contributed by atoms with Crippen molar-refractivity contribution in [3.63, 3.8) is 0 Å². The second kappa shape index (κ2) is 8.40. The highest BCUT2D eigenvalue weighted by Gasteiger charge is 2.15. The molecule has 0 spiro atoms. The fourth-order valence-corrected chi connectivity index (χ4v) is 1.87. The van der Waals surface area contributed by atoms with Gasteiger partial charge in [-0.1, -0.05) is 38.7 Å². The molecule has 106 valence electrons. The van der Waals surface area contributed by atoms with Gasteiger partial charge in [0.2, 0.25) is 0 Å². The Morgan fingerprint density at radius 1 is 1.21 bits per heavy atom. The van der Waals surface area contributed by atoms with Crippen LogP contribution in [-0.4, -0.2) is 24.8 Å². The number of hydrogen-bond acceptors (Lipinski definition) is 3. The molecule has 4 nitrogen and oxygen atoms in total. The number of carbonyl (C=O) groups is 1. The van der Waals surface area contributed by atoms with Crippen molar-refractivity contribution in [3.05, 3.63) is 23.8 Å². The van der Waals surface area contributed by atoms with E-state index in [0.717, 1.165) is 12.8 Å². The highest BCUT2D eigenvalue weighted by Crippen LogP contribution is 2.31. The lowest BCUT2D eigenvalue weighted by Gasteiger charge is -2.12. The van der Waals surface area contributed by atoms with Crippen molar-refractivity contribution in [1.82, 2.24) is 0 Å². The van der Waals surface area contributed by atoms with Gasteiger partial charge in [0, 0.05) is 0 Å². The molecule has 0 atom stereocenters. The lowest BCUT2D eigenvalue weighted by Crippen LogP contribution is -2.06. The van der Waals surface area contributed by atoms with E-state index in [0.29, 0.717) is 18.1 Å². The average Bonchev–Trinajstić information content (AvgIpc) is 2.42. The summed E-state index contributed by atoms with van der Waals surface area (Å²) >= 11 is 0. The molecule has 0 aromatic heterocycles. The van der Waals surface area contributed by atoms with Crippen LogP contribution in [0.25, 0.3) is 0 Å². The first kappa shape index (κ1) is 15.3. The predicted octanol–water partition coefficient (Wildman–Crippen LogP) is 3.74. The number of unbranched alkanes of at least 4 members (excludes halogenated alkanes) is 4. The smallest absolute Gasteiger partial charge is 0.339 e. The topological polar surface area (TPSA) is 55.8 Å². The summed E-state index contributed by atoms with van der Waals surface area (Å²) < 4.78 is 10.7.